The average molecular weight is 506 g/mol. The average Bonchev–Trinajstić information content (AvgIpc) is 3.19. The van der Waals surface area contributed by atoms with Crippen LogP contribution in [0.15, 0.2) is 127 Å². The molecule has 6 aromatic carbocycles. The van der Waals surface area contributed by atoms with Crippen molar-refractivity contribution >= 4 is 22.1 Å². The summed E-state index contributed by atoms with van der Waals surface area (Å²) >= 11 is 0. The van der Waals surface area contributed by atoms with Crippen molar-refractivity contribution in [2.24, 2.45) is 0 Å². The van der Waals surface area contributed by atoms with Crippen molar-refractivity contribution in [1.29, 1.82) is 0 Å². The first-order valence-corrected chi connectivity index (χ1v) is 13.4. The van der Waals surface area contributed by atoms with E-state index in [2.05, 4.69) is 116 Å². The first kappa shape index (κ1) is 23.4. The molecule has 0 aliphatic heterocycles. The summed E-state index contributed by atoms with van der Waals surface area (Å²) in [6.07, 6.45) is 0. The van der Waals surface area contributed by atoms with E-state index in [0.29, 0.717) is 0 Å². The third-order valence-electron chi connectivity index (χ3n) is 8.12. The highest BCUT2D eigenvalue weighted by Crippen LogP contribution is 2.49. The van der Waals surface area contributed by atoms with Gasteiger partial charge in [-0.05, 0) is 80.0 Å². The summed E-state index contributed by atoms with van der Waals surface area (Å²) in [5.74, 6) is -0.231. The molecule has 0 fully saturated rings. The maximum absolute atomic E-state index is 14.2. The smallest absolute Gasteiger partial charge is 0.123 e. The molecule has 7 rings (SSSR count). The molecule has 0 heterocycles. The number of para-hydroxylation sites is 1. The zero-order valence-corrected chi connectivity index (χ0v) is 22.0. The van der Waals surface area contributed by atoms with Crippen LogP contribution in [0, 0.1) is 5.82 Å². The first-order valence-electron chi connectivity index (χ1n) is 13.4. The van der Waals surface area contributed by atoms with E-state index >= 15 is 0 Å². The minimum Gasteiger partial charge on any atom is -0.355 e. The lowest BCUT2D eigenvalue weighted by Crippen LogP contribution is -2.15. The van der Waals surface area contributed by atoms with Gasteiger partial charge in [0.2, 0.25) is 0 Å². The fourth-order valence-electron chi connectivity index (χ4n) is 6.23. The first-order chi connectivity index (χ1) is 19.0. The van der Waals surface area contributed by atoms with Crippen molar-refractivity contribution < 1.29 is 4.39 Å². The number of hydrogen-bond acceptors (Lipinski definition) is 1. The van der Waals surface area contributed by atoms with E-state index in [-0.39, 0.29) is 11.2 Å². The van der Waals surface area contributed by atoms with Gasteiger partial charge in [0.15, 0.2) is 0 Å². The van der Waals surface area contributed by atoms with Crippen LogP contribution in [-0.2, 0) is 5.41 Å². The van der Waals surface area contributed by atoms with Crippen LogP contribution >= 0.6 is 0 Å². The van der Waals surface area contributed by atoms with Crippen LogP contribution in [0.1, 0.15) is 25.0 Å². The quantitative estimate of drug-likeness (QED) is 0.251. The number of rotatable bonds is 4. The molecular formula is C37H28FN. The molecule has 6 aromatic rings. The Kier molecular flexibility index (Phi) is 5.38. The Hall–Kier alpha value is -4.69. The summed E-state index contributed by atoms with van der Waals surface area (Å²) in [5, 5.41) is 5.98. The van der Waals surface area contributed by atoms with Crippen molar-refractivity contribution in [2.75, 3.05) is 5.32 Å². The third-order valence-corrected chi connectivity index (χ3v) is 8.12. The van der Waals surface area contributed by atoms with Crippen molar-refractivity contribution in [1.82, 2.24) is 0 Å². The number of benzene rings is 6. The summed E-state index contributed by atoms with van der Waals surface area (Å²) in [6.45, 7) is 4.61. The lowest BCUT2D eigenvalue weighted by molar-refractivity contribution is 0.628. The van der Waals surface area contributed by atoms with Gasteiger partial charge >= 0.3 is 0 Å². The molecule has 0 amide bonds. The molecule has 188 valence electrons. The predicted molar refractivity (Wildman–Crippen MR) is 162 cm³/mol. The Bertz CT molecular complexity index is 1880. The van der Waals surface area contributed by atoms with Crippen molar-refractivity contribution in [3.05, 3.63) is 144 Å². The van der Waals surface area contributed by atoms with Gasteiger partial charge in [-0.2, -0.15) is 0 Å². The van der Waals surface area contributed by atoms with E-state index in [1.165, 1.54) is 28.3 Å². The summed E-state index contributed by atoms with van der Waals surface area (Å²) in [4.78, 5) is 0. The lowest BCUT2D eigenvalue weighted by Gasteiger charge is -2.22. The number of anilines is 2. The van der Waals surface area contributed by atoms with Gasteiger partial charge in [0.25, 0.3) is 0 Å². The van der Waals surface area contributed by atoms with E-state index in [1.54, 1.807) is 12.1 Å². The van der Waals surface area contributed by atoms with Gasteiger partial charge in [-0.25, -0.2) is 4.39 Å². The zero-order chi connectivity index (χ0) is 26.6. The Morgan fingerprint density at radius 2 is 1.21 bits per heavy atom. The highest BCUT2D eigenvalue weighted by Gasteiger charge is 2.35. The molecule has 0 spiro atoms. The minimum atomic E-state index is -0.231. The number of halogens is 1. The van der Waals surface area contributed by atoms with Crippen LogP contribution in [0.4, 0.5) is 15.8 Å². The normalized spacial score (nSPS) is 13.2. The van der Waals surface area contributed by atoms with Gasteiger partial charge in [0.1, 0.15) is 5.82 Å². The van der Waals surface area contributed by atoms with Crippen LogP contribution in [0.3, 0.4) is 0 Å². The van der Waals surface area contributed by atoms with Gasteiger partial charge in [-0.1, -0.05) is 111 Å². The Morgan fingerprint density at radius 3 is 2.03 bits per heavy atom. The fourth-order valence-corrected chi connectivity index (χ4v) is 6.23. The monoisotopic (exact) mass is 505 g/mol. The second kappa shape index (κ2) is 8.96. The topological polar surface area (TPSA) is 12.0 Å². The number of fused-ring (bicyclic) bond motifs is 4. The summed E-state index contributed by atoms with van der Waals surface area (Å²) in [5.41, 5.74) is 11.5. The maximum Gasteiger partial charge on any atom is 0.123 e. The zero-order valence-electron chi connectivity index (χ0n) is 22.0. The van der Waals surface area contributed by atoms with Gasteiger partial charge in [-0.15, -0.1) is 0 Å². The Labute approximate surface area is 228 Å². The molecule has 0 atom stereocenters. The molecule has 0 aromatic heterocycles. The molecule has 0 unspecified atom stereocenters. The van der Waals surface area contributed by atoms with E-state index in [1.807, 2.05) is 12.1 Å². The lowest BCUT2D eigenvalue weighted by atomic mass is 9.82. The second-order valence-corrected chi connectivity index (χ2v) is 10.8. The van der Waals surface area contributed by atoms with Crippen LogP contribution in [-0.4, -0.2) is 0 Å². The highest BCUT2D eigenvalue weighted by atomic mass is 19.1. The van der Waals surface area contributed by atoms with Gasteiger partial charge in [0.05, 0.1) is 0 Å². The maximum atomic E-state index is 14.2. The van der Waals surface area contributed by atoms with E-state index in [4.69, 9.17) is 0 Å². The van der Waals surface area contributed by atoms with Gasteiger partial charge in [-0.3, -0.25) is 0 Å². The fraction of sp³-hybridized carbons (Fsp3) is 0.0811. The van der Waals surface area contributed by atoms with Crippen LogP contribution < -0.4 is 5.32 Å². The van der Waals surface area contributed by atoms with E-state index in [0.717, 1.165) is 44.4 Å². The SMILES string of the molecule is CC1(C)c2ccccc2-c2ccc(Nc3ccccc3-c3cccc4cccc(-c5cccc(F)c5)c34)cc21. The second-order valence-electron chi connectivity index (χ2n) is 10.8. The Morgan fingerprint density at radius 1 is 0.538 bits per heavy atom. The van der Waals surface area contributed by atoms with Crippen molar-refractivity contribution in [2.45, 2.75) is 19.3 Å². The molecule has 1 nitrogen and oxygen atoms in total. The van der Waals surface area contributed by atoms with E-state index < -0.39 is 0 Å². The largest absolute Gasteiger partial charge is 0.355 e. The minimum absolute atomic E-state index is 0.0569. The predicted octanol–water partition coefficient (Wildman–Crippen LogP) is 10.4. The third kappa shape index (κ3) is 3.83. The molecule has 1 aliphatic carbocycles. The molecule has 0 saturated heterocycles. The number of nitrogens with one attached hydrogen (secondary N) is 1. The van der Waals surface area contributed by atoms with Crippen LogP contribution in [0.5, 0.6) is 0 Å². The molecular weight excluding hydrogens is 477 g/mol. The summed E-state index contributed by atoms with van der Waals surface area (Å²) < 4.78 is 14.2. The molecule has 1 N–H and O–H groups in total. The summed E-state index contributed by atoms with van der Waals surface area (Å²) in [6, 6.07) is 43.3. The van der Waals surface area contributed by atoms with E-state index in [9.17, 15) is 4.39 Å². The standard InChI is InChI=1S/C37H28FN/c1-37(2)33-18-5-3-14-29(33)30-21-20-27(23-34(30)37)39-35-19-6-4-15-31(35)32-17-9-11-24-10-8-16-28(36(24)32)25-12-7-13-26(38)22-25/h3-23,39H,1-2H3. The van der Waals surface area contributed by atoms with Crippen LogP contribution in [0.2, 0.25) is 0 Å². The van der Waals surface area contributed by atoms with Gasteiger partial charge < -0.3 is 5.32 Å². The molecule has 0 saturated carbocycles. The molecule has 2 heteroatoms. The molecule has 1 aliphatic rings. The summed E-state index contributed by atoms with van der Waals surface area (Å²) in [7, 11) is 0. The van der Waals surface area contributed by atoms with Gasteiger partial charge in [0, 0.05) is 22.4 Å². The molecule has 0 bridgehead atoms. The van der Waals surface area contributed by atoms with Crippen LogP contribution in [0.25, 0.3) is 44.2 Å². The Balaban J connectivity index is 1.35. The number of hydrogen-bond donors (Lipinski definition) is 1. The highest BCUT2D eigenvalue weighted by molar-refractivity contribution is 6.08. The van der Waals surface area contributed by atoms with Crippen molar-refractivity contribution in [3.63, 3.8) is 0 Å². The van der Waals surface area contributed by atoms with Crippen molar-refractivity contribution in [3.8, 4) is 33.4 Å². The molecule has 0 radical (unpaired) electrons. The molecule has 39 heavy (non-hydrogen) atoms.